The summed E-state index contributed by atoms with van der Waals surface area (Å²) in [5.74, 6) is 2.09. The summed E-state index contributed by atoms with van der Waals surface area (Å²) in [6, 6.07) is 15.1. The van der Waals surface area contributed by atoms with Crippen molar-refractivity contribution in [3.8, 4) is 5.75 Å². The number of methoxy groups -OCH3 is 1. The zero-order valence-electron chi connectivity index (χ0n) is 12.7. The predicted octanol–water partition coefficient (Wildman–Crippen LogP) is 3.61. The maximum Gasteiger partial charge on any atom is 0.129 e. The maximum absolute atomic E-state index is 5.48. The van der Waals surface area contributed by atoms with Crippen molar-refractivity contribution < 1.29 is 4.74 Å². The van der Waals surface area contributed by atoms with E-state index in [9.17, 15) is 0 Å². The minimum absolute atomic E-state index is 0.510. The molecule has 0 aliphatic carbocycles. The number of aryl methyl sites for hydroxylation is 1. The van der Waals surface area contributed by atoms with Gasteiger partial charge in [-0.3, -0.25) is 0 Å². The second-order valence-corrected chi connectivity index (χ2v) is 5.64. The summed E-state index contributed by atoms with van der Waals surface area (Å²) in [5, 5.41) is 0. The number of hydrogen-bond donors (Lipinski definition) is 0. The molecule has 1 aliphatic heterocycles. The van der Waals surface area contributed by atoms with Gasteiger partial charge >= 0.3 is 0 Å². The van der Waals surface area contributed by atoms with Gasteiger partial charge in [0, 0.05) is 18.3 Å². The lowest BCUT2D eigenvalue weighted by atomic mass is 10.0. The van der Waals surface area contributed by atoms with Crippen molar-refractivity contribution in [2.24, 2.45) is 0 Å². The molecule has 2 aromatic rings. The molecule has 3 rings (SSSR count). The van der Waals surface area contributed by atoms with E-state index < -0.39 is 0 Å². The average Bonchev–Trinajstić information content (AvgIpc) is 2.96. The summed E-state index contributed by atoms with van der Waals surface area (Å²) in [4.78, 5) is 7.13. The monoisotopic (exact) mass is 282 g/mol. The molecule has 1 atom stereocenters. The number of pyridine rings is 1. The fourth-order valence-corrected chi connectivity index (χ4v) is 3.16. The van der Waals surface area contributed by atoms with Crippen molar-refractivity contribution in [1.82, 2.24) is 4.98 Å². The van der Waals surface area contributed by atoms with Gasteiger partial charge in [0.1, 0.15) is 11.6 Å². The highest BCUT2D eigenvalue weighted by molar-refractivity contribution is 5.43. The quantitative estimate of drug-likeness (QED) is 0.856. The van der Waals surface area contributed by atoms with Crippen LogP contribution in [0.2, 0.25) is 0 Å². The lowest BCUT2D eigenvalue weighted by Gasteiger charge is -2.26. The van der Waals surface area contributed by atoms with Crippen molar-refractivity contribution in [2.75, 3.05) is 18.6 Å². The molecule has 21 heavy (non-hydrogen) atoms. The first kappa shape index (κ1) is 13.9. The fraction of sp³-hybridized carbons (Fsp3) is 0.389. The molecule has 1 fully saturated rings. The van der Waals surface area contributed by atoms with E-state index in [4.69, 9.17) is 4.74 Å². The van der Waals surface area contributed by atoms with Gasteiger partial charge in [-0.15, -0.1) is 0 Å². The van der Waals surface area contributed by atoms with Gasteiger partial charge in [-0.2, -0.15) is 0 Å². The molecule has 0 N–H and O–H groups in total. The van der Waals surface area contributed by atoms with E-state index in [1.165, 1.54) is 18.4 Å². The van der Waals surface area contributed by atoms with Gasteiger partial charge < -0.3 is 9.64 Å². The van der Waals surface area contributed by atoms with Crippen LogP contribution in [-0.4, -0.2) is 24.7 Å². The molecule has 0 radical (unpaired) electrons. The van der Waals surface area contributed by atoms with Gasteiger partial charge in [0.15, 0.2) is 0 Å². The van der Waals surface area contributed by atoms with Crippen LogP contribution in [0.25, 0.3) is 0 Å². The minimum Gasteiger partial charge on any atom is -0.496 e. The molecule has 110 valence electrons. The molecular weight excluding hydrogens is 260 g/mol. The molecule has 0 bridgehead atoms. The molecule has 0 amide bonds. The molecule has 1 aromatic carbocycles. The van der Waals surface area contributed by atoms with Crippen molar-refractivity contribution in [2.45, 2.75) is 32.2 Å². The Bertz CT molecular complexity index is 612. The first-order valence-corrected chi connectivity index (χ1v) is 7.60. The third-order valence-corrected chi connectivity index (χ3v) is 4.19. The SMILES string of the molecule is COc1ccccc1CC1CCCN1c1cccc(C)n1. The predicted molar refractivity (Wildman–Crippen MR) is 86.0 cm³/mol. The highest BCUT2D eigenvalue weighted by atomic mass is 16.5. The van der Waals surface area contributed by atoms with Crippen LogP contribution >= 0.6 is 0 Å². The van der Waals surface area contributed by atoms with Crippen LogP contribution in [0.1, 0.15) is 24.1 Å². The lowest BCUT2D eigenvalue weighted by molar-refractivity contribution is 0.408. The van der Waals surface area contributed by atoms with Crippen LogP contribution in [0, 0.1) is 6.92 Å². The number of anilines is 1. The molecule has 0 saturated carbocycles. The van der Waals surface area contributed by atoms with Gasteiger partial charge in [-0.1, -0.05) is 24.3 Å². The molecule has 2 heterocycles. The number of rotatable bonds is 4. The number of benzene rings is 1. The minimum atomic E-state index is 0.510. The molecule has 1 saturated heterocycles. The van der Waals surface area contributed by atoms with Crippen molar-refractivity contribution in [3.63, 3.8) is 0 Å². The first-order valence-electron chi connectivity index (χ1n) is 7.60. The van der Waals surface area contributed by atoms with E-state index in [0.717, 1.165) is 30.2 Å². The standard InChI is InChI=1S/C18H22N2O/c1-14-7-5-11-18(19-14)20-12-6-9-16(20)13-15-8-3-4-10-17(15)21-2/h3-5,7-8,10-11,16H,6,9,12-13H2,1-2H3. The molecule has 1 unspecified atom stereocenters. The van der Waals surface area contributed by atoms with E-state index in [1.807, 2.05) is 12.1 Å². The number of ether oxygens (including phenoxy) is 1. The van der Waals surface area contributed by atoms with Gasteiger partial charge in [0.25, 0.3) is 0 Å². The summed E-state index contributed by atoms with van der Waals surface area (Å²) < 4.78 is 5.48. The Kier molecular flexibility index (Phi) is 4.09. The van der Waals surface area contributed by atoms with E-state index in [-0.39, 0.29) is 0 Å². The Morgan fingerprint density at radius 1 is 1.19 bits per heavy atom. The van der Waals surface area contributed by atoms with E-state index >= 15 is 0 Å². The summed E-state index contributed by atoms with van der Waals surface area (Å²) in [5.41, 5.74) is 2.36. The normalized spacial score (nSPS) is 18.0. The second-order valence-electron chi connectivity index (χ2n) is 5.64. The van der Waals surface area contributed by atoms with E-state index in [0.29, 0.717) is 6.04 Å². The van der Waals surface area contributed by atoms with Crippen LogP contribution in [-0.2, 0) is 6.42 Å². The van der Waals surface area contributed by atoms with Crippen LogP contribution in [0.5, 0.6) is 5.75 Å². The molecule has 3 nitrogen and oxygen atoms in total. The van der Waals surface area contributed by atoms with Crippen molar-refractivity contribution in [3.05, 3.63) is 53.7 Å². The highest BCUT2D eigenvalue weighted by Crippen LogP contribution is 2.29. The molecule has 1 aliphatic rings. The van der Waals surface area contributed by atoms with Gasteiger partial charge in [-0.05, 0) is 49.9 Å². The van der Waals surface area contributed by atoms with Crippen molar-refractivity contribution in [1.29, 1.82) is 0 Å². The lowest BCUT2D eigenvalue weighted by Crippen LogP contribution is -2.31. The molecule has 1 aromatic heterocycles. The zero-order valence-corrected chi connectivity index (χ0v) is 12.7. The maximum atomic E-state index is 5.48. The van der Waals surface area contributed by atoms with Crippen LogP contribution in [0.3, 0.4) is 0 Å². The Labute approximate surface area is 126 Å². The largest absolute Gasteiger partial charge is 0.496 e. The zero-order chi connectivity index (χ0) is 14.7. The number of nitrogens with zero attached hydrogens (tertiary/aromatic N) is 2. The summed E-state index contributed by atoms with van der Waals surface area (Å²) in [6.45, 7) is 3.14. The Morgan fingerprint density at radius 2 is 2.05 bits per heavy atom. The third kappa shape index (κ3) is 3.02. The second kappa shape index (κ2) is 6.17. The first-order chi connectivity index (χ1) is 10.3. The summed E-state index contributed by atoms with van der Waals surface area (Å²) >= 11 is 0. The molecule has 0 spiro atoms. The third-order valence-electron chi connectivity index (χ3n) is 4.19. The number of aromatic nitrogens is 1. The van der Waals surface area contributed by atoms with E-state index in [2.05, 4.69) is 47.1 Å². The van der Waals surface area contributed by atoms with E-state index in [1.54, 1.807) is 7.11 Å². The Balaban J connectivity index is 1.81. The van der Waals surface area contributed by atoms with Crippen LogP contribution in [0.15, 0.2) is 42.5 Å². The van der Waals surface area contributed by atoms with Crippen LogP contribution in [0.4, 0.5) is 5.82 Å². The molecule has 3 heteroatoms. The van der Waals surface area contributed by atoms with Gasteiger partial charge in [0.05, 0.1) is 7.11 Å². The topological polar surface area (TPSA) is 25.4 Å². The van der Waals surface area contributed by atoms with Gasteiger partial charge in [0.2, 0.25) is 0 Å². The number of para-hydroxylation sites is 1. The average molecular weight is 282 g/mol. The summed E-state index contributed by atoms with van der Waals surface area (Å²) in [7, 11) is 1.74. The molecular formula is C18H22N2O. The number of hydrogen-bond acceptors (Lipinski definition) is 3. The highest BCUT2D eigenvalue weighted by Gasteiger charge is 2.26. The van der Waals surface area contributed by atoms with Crippen LogP contribution < -0.4 is 9.64 Å². The van der Waals surface area contributed by atoms with Crippen molar-refractivity contribution >= 4 is 5.82 Å². The fourth-order valence-electron chi connectivity index (χ4n) is 3.16. The Morgan fingerprint density at radius 3 is 2.86 bits per heavy atom. The summed E-state index contributed by atoms with van der Waals surface area (Å²) in [6.07, 6.45) is 3.46. The Hall–Kier alpha value is -2.03. The smallest absolute Gasteiger partial charge is 0.129 e. The van der Waals surface area contributed by atoms with Gasteiger partial charge in [-0.25, -0.2) is 4.98 Å².